The second-order valence-corrected chi connectivity index (χ2v) is 20.1. The Morgan fingerprint density at radius 2 is 1.65 bits per heavy atom. The van der Waals surface area contributed by atoms with Crippen LogP contribution in [0, 0.1) is 35.5 Å². The maximum atomic E-state index is 14.9. The summed E-state index contributed by atoms with van der Waals surface area (Å²) in [5.74, 6) is -0.616. The highest BCUT2D eigenvalue weighted by Gasteiger charge is 2.52. The third-order valence-corrected chi connectivity index (χ3v) is 13.9. The van der Waals surface area contributed by atoms with Crippen molar-refractivity contribution >= 4 is 39.6 Å². The summed E-state index contributed by atoms with van der Waals surface area (Å²) in [6.45, 7) is 14.5. The van der Waals surface area contributed by atoms with Gasteiger partial charge in [0.1, 0.15) is 12.1 Å². The quantitative estimate of drug-likeness (QED) is 0.120. The van der Waals surface area contributed by atoms with Crippen molar-refractivity contribution in [2.24, 2.45) is 23.2 Å². The Kier molecular flexibility index (Phi) is 14.0. The number of carbonyl (C=O) groups excluding carboxylic acids is 5. The Bertz CT molecular complexity index is 1750. The summed E-state index contributed by atoms with van der Waals surface area (Å²) in [5.41, 5.74) is 1.59. The van der Waals surface area contributed by atoms with Gasteiger partial charge in [0.25, 0.3) is 5.91 Å². The number of benzene rings is 1. The second kappa shape index (κ2) is 17.7. The highest BCUT2D eigenvalue weighted by atomic mass is 32.2. The van der Waals surface area contributed by atoms with Gasteiger partial charge in [0.2, 0.25) is 27.6 Å². The lowest BCUT2D eigenvalue weighted by Gasteiger charge is -2.37. The summed E-state index contributed by atoms with van der Waals surface area (Å²) in [6, 6.07) is 3.49. The lowest BCUT2D eigenvalue weighted by atomic mass is 9.86. The van der Waals surface area contributed by atoms with Crippen LogP contribution in [0.1, 0.15) is 84.8 Å². The van der Waals surface area contributed by atoms with Crippen molar-refractivity contribution in [1.29, 1.82) is 0 Å². The molecule has 4 N–H and O–H groups in total. The molecule has 3 aliphatic rings. The molecule has 14 heteroatoms. The van der Waals surface area contributed by atoms with Crippen LogP contribution in [0.25, 0.3) is 0 Å². The van der Waals surface area contributed by atoms with Gasteiger partial charge in [-0.25, -0.2) is 17.5 Å². The van der Waals surface area contributed by atoms with E-state index in [-0.39, 0.29) is 43.7 Å². The van der Waals surface area contributed by atoms with E-state index in [9.17, 15) is 32.4 Å². The minimum absolute atomic E-state index is 0.00686. The summed E-state index contributed by atoms with van der Waals surface area (Å²) in [4.78, 5) is 70.6. The van der Waals surface area contributed by atoms with E-state index in [4.69, 9.17) is 6.42 Å². The van der Waals surface area contributed by atoms with Gasteiger partial charge in [-0.05, 0) is 87.2 Å². The average molecular weight is 781 g/mol. The van der Waals surface area contributed by atoms with E-state index in [2.05, 4.69) is 33.8 Å². The van der Waals surface area contributed by atoms with E-state index in [1.807, 2.05) is 45.0 Å². The van der Waals surface area contributed by atoms with Crippen LogP contribution in [0.3, 0.4) is 0 Å². The van der Waals surface area contributed by atoms with Crippen LogP contribution in [-0.2, 0) is 42.0 Å². The first-order chi connectivity index (χ1) is 25.7. The van der Waals surface area contributed by atoms with Crippen molar-refractivity contribution in [2.45, 2.75) is 115 Å². The van der Waals surface area contributed by atoms with Crippen LogP contribution in [0.4, 0.5) is 4.79 Å². The first kappa shape index (κ1) is 43.5. The van der Waals surface area contributed by atoms with Gasteiger partial charge in [-0.3, -0.25) is 19.2 Å². The van der Waals surface area contributed by atoms with E-state index in [1.54, 1.807) is 25.7 Å². The zero-order valence-electron chi connectivity index (χ0n) is 33.4. The molecule has 55 heavy (non-hydrogen) atoms. The van der Waals surface area contributed by atoms with Gasteiger partial charge in [-0.2, -0.15) is 0 Å². The molecular weight excluding hydrogens is 721 g/mol. The molecule has 0 aromatic heterocycles. The number of nitrogens with zero attached hydrogens (tertiary/aromatic N) is 2. The Morgan fingerprint density at radius 1 is 1.02 bits per heavy atom. The van der Waals surface area contributed by atoms with Crippen molar-refractivity contribution in [2.75, 3.05) is 26.7 Å². The Morgan fingerprint density at radius 3 is 2.22 bits per heavy atom. The topological polar surface area (TPSA) is 174 Å². The lowest BCUT2D eigenvalue weighted by molar-refractivity contribution is -0.144. The molecule has 302 valence electrons. The number of rotatable bonds is 15. The number of sulfonamides is 1. The molecule has 2 aliphatic carbocycles. The number of fused-ring (bicyclic) bond motifs is 2. The van der Waals surface area contributed by atoms with E-state index in [0.717, 1.165) is 24.0 Å². The largest absolute Gasteiger partial charge is 0.346 e. The average Bonchev–Trinajstić information content (AvgIpc) is 3.84. The maximum Gasteiger partial charge on any atom is 0.315 e. The van der Waals surface area contributed by atoms with Gasteiger partial charge in [-0.1, -0.05) is 57.5 Å². The number of likely N-dealkylation sites (tertiary alicyclic amines) is 1. The molecule has 1 saturated carbocycles. The van der Waals surface area contributed by atoms with E-state index < -0.39 is 73.9 Å². The first-order valence-corrected chi connectivity index (χ1v) is 20.7. The Labute approximate surface area is 327 Å². The van der Waals surface area contributed by atoms with Crippen molar-refractivity contribution in [3.05, 3.63) is 48.0 Å². The Balaban J connectivity index is 1.63. The molecule has 1 heterocycles. The molecule has 2 fully saturated rings. The zero-order chi connectivity index (χ0) is 40.9. The predicted octanol–water partition coefficient (Wildman–Crippen LogP) is 2.94. The van der Waals surface area contributed by atoms with E-state index in [1.165, 1.54) is 17.4 Å². The van der Waals surface area contributed by atoms with Crippen LogP contribution in [0.5, 0.6) is 0 Å². The highest BCUT2D eigenvalue weighted by molar-refractivity contribution is 7.90. The molecule has 0 bridgehead atoms. The summed E-state index contributed by atoms with van der Waals surface area (Å²) >= 11 is 0. The maximum absolute atomic E-state index is 14.9. The molecule has 13 nitrogen and oxygen atoms in total. The fraction of sp³-hybridized carbons (Fsp3) is 0.634. The summed E-state index contributed by atoms with van der Waals surface area (Å²) < 4.78 is 26.7. The highest BCUT2D eigenvalue weighted by Crippen LogP contribution is 2.43. The van der Waals surface area contributed by atoms with Crippen LogP contribution in [0.2, 0.25) is 0 Å². The molecule has 5 amide bonds. The van der Waals surface area contributed by atoms with E-state index in [0.29, 0.717) is 25.8 Å². The van der Waals surface area contributed by atoms with Gasteiger partial charge >= 0.3 is 6.03 Å². The molecule has 1 aromatic carbocycles. The predicted molar refractivity (Wildman–Crippen MR) is 212 cm³/mol. The number of Topliss-reactive ketones (excluding diaryl/α,β-unsaturated/α-hetero) is 1. The lowest BCUT2D eigenvalue weighted by Crippen LogP contribution is -2.61. The number of ketones is 1. The SMILES string of the molecule is C#CCCC(NC(=O)[C@@H]1[C@H]2CCC[C@H]2CN1C(=O)[C@@H](NC(=O)N[C@H](CN(C)S(=O)(=O)C(C)(C)C)C(C)(C)C)C1Cc2ccccc2C1)C(=O)C(=O)NCC=C. The number of hydrogen-bond donors (Lipinski definition) is 4. The molecule has 4 rings (SSSR count). The number of likely N-dealkylation sites (N-methyl/N-ethyl adjacent to an activating group) is 1. The summed E-state index contributed by atoms with van der Waals surface area (Å²) in [7, 11) is -2.21. The molecule has 1 aliphatic heterocycles. The number of terminal acetylenes is 1. The standard InChI is InChI=1S/C41H60N6O7S/c1-10-12-20-31(35(48)37(50)42-21-11-2)43-36(49)34-30-19-15-18-28(30)24-47(34)38(51)33(29-22-26-16-13-14-17-27(26)23-29)45-39(52)44-32(40(3,4)5)25-46(9)55(53,54)41(6,7)8/h1,11,13-14,16-17,28-34H,2,12,15,18-25H2,3-9H3,(H,42,50)(H,43,49)(H2,44,45,52)/t28-,30-,31?,32+,33-,34-/m0/s1. The van der Waals surface area contributed by atoms with Crippen molar-refractivity contribution in [3.63, 3.8) is 0 Å². The number of urea groups is 1. The van der Waals surface area contributed by atoms with Crippen LogP contribution in [0.15, 0.2) is 36.9 Å². The zero-order valence-corrected chi connectivity index (χ0v) is 34.3. The normalized spacial score (nSPS) is 21.4. The van der Waals surface area contributed by atoms with Gasteiger partial charge in [0, 0.05) is 39.1 Å². The number of carbonyl (C=O) groups is 5. The molecule has 0 radical (unpaired) electrons. The number of amides is 5. The third-order valence-electron chi connectivity index (χ3n) is 11.4. The van der Waals surface area contributed by atoms with Crippen molar-refractivity contribution < 1.29 is 32.4 Å². The summed E-state index contributed by atoms with van der Waals surface area (Å²) in [6.07, 6.45) is 10.6. The van der Waals surface area contributed by atoms with Crippen molar-refractivity contribution in [3.8, 4) is 12.3 Å². The fourth-order valence-corrected chi connectivity index (χ4v) is 9.40. The number of hydrogen-bond acceptors (Lipinski definition) is 7. The Hall–Kier alpha value is -4.22. The molecule has 0 spiro atoms. The minimum atomic E-state index is -3.70. The van der Waals surface area contributed by atoms with Gasteiger partial charge in [0.05, 0.1) is 10.8 Å². The van der Waals surface area contributed by atoms with Gasteiger partial charge in [0.15, 0.2) is 0 Å². The fourth-order valence-electron chi connectivity index (χ4n) is 8.12. The minimum Gasteiger partial charge on any atom is -0.346 e. The smallest absolute Gasteiger partial charge is 0.315 e. The molecule has 1 aromatic rings. The second-order valence-electron chi connectivity index (χ2n) is 17.3. The van der Waals surface area contributed by atoms with Crippen LogP contribution >= 0.6 is 0 Å². The third kappa shape index (κ3) is 10.2. The van der Waals surface area contributed by atoms with E-state index >= 15 is 0 Å². The molecular formula is C41H60N6O7S. The van der Waals surface area contributed by atoms with Gasteiger partial charge < -0.3 is 26.2 Å². The molecule has 6 atom stereocenters. The first-order valence-electron chi connectivity index (χ1n) is 19.3. The van der Waals surface area contributed by atoms with Gasteiger partial charge in [-0.15, -0.1) is 18.9 Å². The van der Waals surface area contributed by atoms with Crippen molar-refractivity contribution in [1.82, 2.24) is 30.5 Å². The molecule has 1 saturated heterocycles. The summed E-state index contributed by atoms with van der Waals surface area (Å²) in [5, 5.41) is 11.2. The van der Waals surface area contributed by atoms with Crippen LogP contribution < -0.4 is 21.3 Å². The molecule has 1 unspecified atom stereocenters. The number of nitrogens with one attached hydrogen (secondary N) is 4. The monoisotopic (exact) mass is 780 g/mol. The van der Waals surface area contributed by atoms with Crippen LogP contribution in [-0.4, -0.2) is 103 Å².